The molecule has 0 saturated carbocycles. The molecule has 3 rings (SSSR count). The van der Waals surface area contributed by atoms with Gasteiger partial charge in [-0.3, -0.25) is 14.9 Å². The third kappa shape index (κ3) is 4.32. The average Bonchev–Trinajstić information content (AvgIpc) is 3.21. The zero-order valence-electron chi connectivity index (χ0n) is 14.6. The highest BCUT2D eigenvalue weighted by Gasteiger charge is 2.22. The summed E-state index contributed by atoms with van der Waals surface area (Å²) >= 11 is 1.54. The lowest BCUT2D eigenvalue weighted by molar-refractivity contribution is -0.385. The van der Waals surface area contributed by atoms with Crippen molar-refractivity contribution in [3.8, 4) is 5.75 Å². The zero-order chi connectivity index (χ0) is 19.2. The molecule has 0 saturated heterocycles. The van der Waals surface area contributed by atoms with Crippen LogP contribution in [-0.4, -0.2) is 17.4 Å². The highest BCUT2D eigenvalue weighted by molar-refractivity contribution is 7.10. The van der Waals surface area contributed by atoms with E-state index < -0.39 is 4.92 Å². The molecule has 7 heteroatoms. The van der Waals surface area contributed by atoms with Gasteiger partial charge in [0.1, 0.15) is 0 Å². The number of carbonyl (C=O) groups excluding carboxylic acids is 1. The van der Waals surface area contributed by atoms with Crippen molar-refractivity contribution in [3.63, 3.8) is 0 Å². The number of carbonyl (C=O) groups is 1. The molecule has 0 spiro atoms. The summed E-state index contributed by atoms with van der Waals surface area (Å²) in [5, 5.41) is 16.2. The van der Waals surface area contributed by atoms with Gasteiger partial charge in [0.05, 0.1) is 17.6 Å². The fraction of sp³-hybridized carbons (Fsp3) is 0.150. The minimum Gasteiger partial charge on any atom is -0.487 e. The number of rotatable bonds is 7. The monoisotopic (exact) mass is 382 g/mol. The third-order valence-corrected chi connectivity index (χ3v) is 4.89. The quantitative estimate of drug-likeness (QED) is 0.479. The van der Waals surface area contributed by atoms with Crippen molar-refractivity contribution in [2.75, 3.05) is 6.61 Å². The predicted octanol–water partition coefficient (Wildman–Crippen LogP) is 4.57. The molecule has 1 unspecified atom stereocenters. The molecule has 1 N–H and O–H groups in total. The van der Waals surface area contributed by atoms with Crippen LogP contribution in [0.5, 0.6) is 5.75 Å². The molecule has 0 aliphatic heterocycles. The number of nitro benzene ring substituents is 1. The Balaban J connectivity index is 1.90. The number of benzene rings is 2. The minimum atomic E-state index is -0.546. The molecule has 0 bridgehead atoms. The second-order valence-electron chi connectivity index (χ2n) is 5.71. The van der Waals surface area contributed by atoms with Crippen LogP contribution < -0.4 is 10.1 Å². The molecule has 27 heavy (non-hydrogen) atoms. The first kappa shape index (κ1) is 18.6. The molecule has 1 atom stereocenters. The van der Waals surface area contributed by atoms with Gasteiger partial charge in [-0.25, -0.2) is 0 Å². The van der Waals surface area contributed by atoms with E-state index in [4.69, 9.17) is 4.74 Å². The molecule has 6 nitrogen and oxygen atoms in total. The molecule has 2 aromatic carbocycles. The Morgan fingerprint density at radius 3 is 2.59 bits per heavy atom. The Bertz CT molecular complexity index is 926. The number of nitrogens with one attached hydrogen (secondary N) is 1. The van der Waals surface area contributed by atoms with Crippen molar-refractivity contribution in [2.24, 2.45) is 0 Å². The van der Waals surface area contributed by atoms with E-state index >= 15 is 0 Å². The van der Waals surface area contributed by atoms with Crippen molar-refractivity contribution >= 4 is 22.9 Å². The summed E-state index contributed by atoms with van der Waals surface area (Å²) in [6.07, 6.45) is 0. The molecule has 138 valence electrons. The van der Waals surface area contributed by atoms with Crippen molar-refractivity contribution in [1.82, 2.24) is 5.32 Å². The molecule has 0 fully saturated rings. The van der Waals surface area contributed by atoms with Crippen LogP contribution in [0.15, 0.2) is 66.0 Å². The van der Waals surface area contributed by atoms with Crippen molar-refractivity contribution in [2.45, 2.75) is 13.0 Å². The van der Waals surface area contributed by atoms with E-state index in [1.807, 2.05) is 47.8 Å². The average molecular weight is 382 g/mol. The van der Waals surface area contributed by atoms with Gasteiger partial charge in [-0.05, 0) is 36.1 Å². The van der Waals surface area contributed by atoms with Gasteiger partial charge in [0.2, 0.25) is 0 Å². The highest BCUT2D eigenvalue weighted by atomic mass is 32.1. The standard InChI is InChI=1S/C20H18N2O4S/c1-2-26-17-11-10-15(13-16(17)22(24)25)20(23)21-19(18-9-6-12-27-18)14-7-4-3-5-8-14/h3-13,19H,2H2,1H3,(H,21,23). The van der Waals surface area contributed by atoms with Crippen molar-refractivity contribution in [3.05, 3.63) is 92.2 Å². The molecule has 0 radical (unpaired) electrons. The highest BCUT2D eigenvalue weighted by Crippen LogP contribution is 2.30. The topological polar surface area (TPSA) is 81.5 Å². The number of hydrogen-bond acceptors (Lipinski definition) is 5. The maximum atomic E-state index is 12.8. The van der Waals surface area contributed by atoms with Gasteiger partial charge in [-0.2, -0.15) is 0 Å². The van der Waals surface area contributed by atoms with Gasteiger partial charge in [-0.15, -0.1) is 11.3 Å². The van der Waals surface area contributed by atoms with E-state index in [2.05, 4.69) is 5.32 Å². The predicted molar refractivity (Wildman–Crippen MR) is 104 cm³/mol. The summed E-state index contributed by atoms with van der Waals surface area (Å²) in [6.45, 7) is 2.05. The lowest BCUT2D eigenvalue weighted by Crippen LogP contribution is -2.28. The number of ether oxygens (including phenoxy) is 1. The summed E-state index contributed by atoms with van der Waals surface area (Å²) in [4.78, 5) is 24.5. The summed E-state index contributed by atoms with van der Waals surface area (Å²) in [6, 6.07) is 17.4. The van der Waals surface area contributed by atoms with Crippen molar-refractivity contribution in [1.29, 1.82) is 0 Å². The fourth-order valence-electron chi connectivity index (χ4n) is 2.71. The number of hydrogen-bond donors (Lipinski definition) is 1. The van der Waals surface area contributed by atoms with Gasteiger partial charge in [0.15, 0.2) is 5.75 Å². The van der Waals surface area contributed by atoms with E-state index in [9.17, 15) is 14.9 Å². The number of nitrogens with zero attached hydrogens (tertiary/aromatic N) is 1. The van der Waals surface area contributed by atoms with Crippen LogP contribution >= 0.6 is 11.3 Å². The maximum Gasteiger partial charge on any atom is 0.311 e. The molecule has 3 aromatic rings. The van der Waals surface area contributed by atoms with E-state index in [0.29, 0.717) is 6.61 Å². The lowest BCUT2D eigenvalue weighted by atomic mass is 10.0. The first-order valence-corrected chi connectivity index (χ1v) is 9.28. The number of thiophene rings is 1. The SMILES string of the molecule is CCOc1ccc(C(=O)NC(c2ccccc2)c2cccs2)cc1[N+](=O)[O-]. The molecule has 1 heterocycles. The number of amides is 1. The van der Waals surface area contributed by atoms with Crippen LogP contribution in [0.25, 0.3) is 0 Å². The van der Waals surface area contributed by atoms with Gasteiger partial charge < -0.3 is 10.1 Å². The van der Waals surface area contributed by atoms with Gasteiger partial charge in [-0.1, -0.05) is 36.4 Å². The smallest absolute Gasteiger partial charge is 0.311 e. The van der Waals surface area contributed by atoms with Crippen LogP contribution in [0.3, 0.4) is 0 Å². The summed E-state index contributed by atoms with van der Waals surface area (Å²) in [5.41, 5.74) is 0.924. The Labute approximate surface area is 160 Å². The molecular weight excluding hydrogens is 364 g/mol. The second-order valence-corrected chi connectivity index (χ2v) is 6.68. The first-order valence-electron chi connectivity index (χ1n) is 8.40. The minimum absolute atomic E-state index is 0.150. The molecule has 0 aliphatic rings. The molecular formula is C20H18N2O4S. The molecule has 1 amide bonds. The lowest BCUT2D eigenvalue weighted by Gasteiger charge is -2.18. The van der Waals surface area contributed by atoms with E-state index in [1.165, 1.54) is 29.5 Å². The second kappa shape index (κ2) is 8.46. The van der Waals surface area contributed by atoms with Gasteiger partial charge >= 0.3 is 5.69 Å². The Morgan fingerprint density at radius 1 is 1.19 bits per heavy atom. The van der Waals surface area contributed by atoms with Crippen LogP contribution in [0.2, 0.25) is 0 Å². The Morgan fingerprint density at radius 2 is 1.96 bits per heavy atom. The van der Waals surface area contributed by atoms with E-state index in [1.54, 1.807) is 6.92 Å². The normalized spacial score (nSPS) is 11.6. The fourth-order valence-corrected chi connectivity index (χ4v) is 3.52. The third-order valence-electron chi connectivity index (χ3n) is 3.95. The van der Waals surface area contributed by atoms with Crippen LogP contribution in [0, 0.1) is 10.1 Å². The van der Waals surface area contributed by atoms with Crippen LogP contribution in [-0.2, 0) is 0 Å². The van der Waals surface area contributed by atoms with E-state index in [0.717, 1.165) is 10.4 Å². The number of nitro groups is 1. The van der Waals surface area contributed by atoms with Gasteiger partial charge in [0.25, 0.3) is 5.91 Å². The van der Waals surface area contributed by atoms with E-state index in [-0.39, 0.29) is 28.9 Å². The Hall–Kier alpha value is -3.19. The molecule has 0 aliphatic carbocycles. The van der Waals surface area contributed by atoms with Crippen molar-refractivity contribution < 1.29 is 14.5 Å². The first-order chi connectivity index (χ1) is 13.1. The largest absolute Gasteiger partial charge is 0.487 e. The van der Waals surface area contributed by atoms with Crippen LogP contribution in [0.1, 0.15) is 33.8 Å². The van der Waals surface area contributed by atoms with Crippen LogP contribution in [0.4, 0.5) is 5.69 Å². The summed E-state index contributed by atoms with van der Waals surface area (Å²) in [7, 11) is 0. The summed E-state index contributed by atoms with van der Waals surface area (Å²) in [5.74, 6) is -0.236. The summed E-state index contributed by atoms with van der Waals surface area (Å²) < 4.78 is 5.27. The Kier molecular flexibility index (Phi) is 5.83. The molecule has 1 aromatic heterocycles. The zero-order valence-corrected chi connectivity index (χ0v) is 15.4. The van der Waals surface area contributed by atoms with Gasteiger partial charge in [0, 0.05) is 16.5 Å². The maximum absolute atomic E-state index is 12.8.